The Morgan fingerprint density at radius 3 is 2.44 bits per heavy atom. The Hall–Kier alpha value is -2.94. The van der Waals surface area contributed by atoms with Gasteiger partial charge >= 0.3 is 5.97 Å². The molecule has 8 nitrogen and oxygen atoms in total. The number of carboxylic acids is 1. The summed E-state index contributed by atoms with van der Waals surface area (Å²) in [5.74, 6) is -0.795. The molecule has 1 fully saturated rings. The molecule has 0 unspecified atom stereocenters. The number of nitrogens with zero attached hydrogens (tertiary/aromatic N) is 1. The van der Waals surface area contributed by atoms with Gasteiger partial charge in [-0.05, 0) is 54.0 Å². The van der Waals surface area contributed by atoms with Gasteiger partial charge in [-0.1, -0.05) is 56.3 Å². The predicted molar refractivity (Wildman–Crippen MR) is 123 cm³/mol. The molecular formula is C24H34N2O6. The molecule has 1 saturated heterocycles. The summed E-state index contributed by atoms with van der Waals surface area (Å²) in [4.78, 5) is 26.0. The molecule has 1 heterocycles. The van der Waals surface area contributed by atoms with E-state index in [2.05, 4.69) is 24.1 Å². The lowest BCUT2D eigenvalue weighted by Crippen LogP contribution is -2.56. The van der Waals surface area contributed by atoms with Crippen molar-refractivity contribution >= 4 is 11.9 Å². The van der Waals surface area contributed by atoms with Gasteiger partial charge in [0.25, 0.3) is 0 Å². The van der Waals surface area contributed by atoms with E-state index in [9.17, 15) is 14.7 Å². The van der Waals surface area contributed by atoms with Crippen LogP contribution in [-0.2, 0) is 21.4 Å². The van der Waals surface area contributed by atoms with Crippen LogP contribution in [0, 0.1) is 5.92 Å². The number of carbonyl (C=O) groups excluding carboxylic acids is 1. The summed E-state index contributed by atoms with van der Waals surface area (Å²) in [6, 6.07) is 16.8. The van der Waals surface area contributed by atoms with Gasteiger partial charge in [-0.15, -0.1) is 0 Å². The van der Waals surface area contributed by atoms with E-state index < -0.39 is 12.0 Å². The van der Waals surface area contributed by atoms with Crippen LogP contribution in [-0.4, -0.2) is 63.6 Å². The number of carbonyl (C=O) groups is 2. The molecule has 2 aromatic carbocycles. The third-order valence-electron chi connectivity index (χ3n) is 6.45. The SMILES string of the molecule is C[C@H]1CN([C@@H](Cc2ccccc2)C(=O)NCC(=O)O)CC[C@@]1(C)c1cccc(O)c1.O.O. The Labute approximate surface area is 188 Å². The van der Waals surface area contributed by atoms with Crippen LogP contribution in [0.5, 0.6) is 5.75 Å². The molecular weight excluding hydrogens is 412 g/mol. The molecule has 0 aliphatic carbocycles. The van der Waals surface area contributed by atoms with Crippen molar-refractivity contribution in [2.45, 2.75) is 38.1 Å². The smallest absolute Gasteiger partial charge is 0.322 e. The van der Waals surface area contributed by atoms with E-state index in [0.717, 1.165) is 17.5 Å². The quantitative estimate of drug-likeness (QED) is 0.582. The van der Waals surface area contributed by atoms with Crippen LogP contribution < -0.4 is 5.32 Å². The molecule has 3 atom stereocenters. The second kappa shape index (κ2) is 11.6. The fourth-order valence-electron chi connectivity index (χ4n) is 4.35. The zero-order valence-electron chi connectivity index (χ0n) is 18.5. The van der Waals surface area contributed by atoms with E-state index in [0.29, 0.717) is 19.5 Å². The van der Waals surface area contributed by atoms with Crippen molar-refractivity contribution in [3.63, 3.8) is 0 Å². The minimum Gasteiger partial charge on any atom is -0.508 e. The fraction of sp³-hybridized carbons (Fsp3) is 0.417. The van der Waals surface area contributed by atoms with Gasteiger partial charge in [0.05, 0.1) is 6.04 Å². The molecule has 1 amide bonds. The molecule has 7 N–H and O–H groups in total. The number of hydrogen-bond acceptors (Lipinski definition) is 4. The highest BCUT2D eigenvalue weighted by Crippen LogP contribution is 2.40. The Morgan fingerprint density at radius 2 is 1.84 bits per heavy atom. The van der Waals surface area contributed by atoms with Crippen molar-refractivity contribution in [2.75, 3.05) is 19.6 Å². The summed E-state index contributed by atoms with van der Waals surface area (Å²) in [6.07, 6.45) is 1.37. The highest BCUT2D eigenvalue weighted by Gasteiger charge is 2.41. The van der Waals surface area contributed by atoms with Crippen LogP contribution in [0.3, 0.4) is 0 Å². The second-order valence-electron chi connectivity index (χ2n) is 8.43. The number of phenols is 1. The van der Waals surface area contributed by atoms with Crippen molar-refractivity contribution in [3.8, 4) is 5.75 Å². The summed E-state index contributed by atoms with van der Waals surface area (Å²) in [7, 11) is 0. The van der Waals surface area contributed by atoms with E-state index in [-0.39, 0.29) is 40.5 Å². The Bertz CT molecular complexity index is 891. The predicted octanol–water partition coefficient (Wildman–Crippen LogP) is 1.15. The number of piperidine rings is 1. The minimum absolute atomic E-state index is 0. The number of carboxylic acid groups (broad SMARTS) is 1. The maximum atomic E-state index is 12.9. The van der Waals surface area contributed by atoms with Gasteiger partial charge in [0, 0.05) is 6.54 Å². The van der Waals surface area contributed by atoms with Crippen molar-refractivity contribution in [3.05, 3.63) is 65.7 Å². The summed E-state index contributed by atoms with van der Waals surface area (Å²) in [5.41, 5.74) is 2.04. The second-order valence-corrected chi connectivity index (χ2v) is 8.43. The van der Waals surface area contributed by atoms with E-state index in [1.54, 1.807) is 6.07 Å². The molecule has 2 aromatic rings. The van der Waals surface area contributed by atoms with Gasteiger partial charge in [-0.3, -0.25) is 14.5 Å². The van der Waals surface area contributed by atoms with E-state index in [1.165, 1.54) is 0 Å². The monoisotopic (exact) mass is 446 g/mol. The highest BCUT2D eigenvalue weighted by molar-refractivity contribution is 5.85. The molecule has 32 heavy (non-hydrogen) atoms. The summed E-state index contributed by atoms with van der Waals surface area (Å²) >= 11 is 0. The normalized spacial score (nSPS) is 21.5. The average molecular weight is 447 g/mol. The number of hydrogen-bond donors (Lipinski definition) is 3. The molecule has 1 aliphatic rings. The van der Waals surface area contributed by atoms with Gasteiger partial charge in [-0.2, -0.15) is 0 Å². The van der Waals surface area contributed by atoms with Gasteiger partial charge in [0.15, 0.2) is 0 Å². The number of rotatable bonds is 7. The van der Waals surface area contributed by atoms with E-state index in [1.807, 2.05) is 48.5 Å². The Balaban J connectivity index is 0.00000256. The van der Waals surface area contributed by atoms with Gasteiger partial charge in [-0.25, -0.2) is 0 Å². The lowest BCUT2D eigenvalue weighted by molar-refractivity contribution is -0.139. The topological polar surface area (TPSA) is 153 Å². The van der Waals surface area contributed by atoms with Gasteiger partial charge in [0.2, 0.25) is 5.91 Å². The summed E-state index contributed by atoms with van der Waals surface area (Å²) < 4.78 is 0. The molecule has 0 aromatic heterocycles. The number of aliphatic carboxylic acids is 1. The van der Waals surface area contributed by atoms with Crippen LogP contribution >= 0.6 is 0 Å². The lowest BCUT2D eigenvalue weighted by Gasteiger charge is -2.47. The molecule has 0 radical (unpaired) electrons. The maximum Gasteiger partial charge on any atom is 0.322 e. The first-order chi connectivity index (χ1) is 14.3. The van der Waals surface area contributed by atoms with Crippen LogP contribution in [0.1, 0.15) is 31.4 Å². The van der Waals surface area contributed by atoms with Crippen molar-refractivity contribution in [2.24, 2.45) is 5.92 Å². The first-order valence-corrected chi connectivity index (χ1v) is 10.4. The molecule has 0 bridgehead atoms. The molecule has 3 rings (SSSR count). The number of benzene rings is 2. The van der Waals surface area contributed by atoms with Crippen LogP contribution in [0.4, 0.5) is 0 Å². The van der Waals surface area contributed by atoms with Gasteiger partial charge < -0.3 is 26.5 Å². The summed E-state index contributed by atoms with van der Waals surface area (Å²) in [6.45, 7) is 5.43. The first kappa shape index (κ1) is 27.1. The third kappa shape index (κ3) is 6.29. The molecule has 0 spiro atoms. The van der Waals surface area contributed by atoms with Crippen LogP contribution in [0.25, 0.3) is 0 Å². The maximum absolute atomic E-state index is 12.9. The first-order valence-electron chi connectivity index (χ1n) is 10.4. The minimum atomic E-state index is -1.05. The molecule has 176 valence electrons. The fourth-order valence-corrected chi connectivity index (χ4v) is 4.35. The van der Waals surface area contributed by atoms with Crippen molar-refractivity contribution in [1.29, 1.82) is 0 Å². The highest BCUT2D eigenvalue weighted by atomic mass is 16.4. The number of nitrogens with one attached hydrogen (secondary N) is 1. The zero-order valence-corrected chi connectivity index (χ0v) is 18.5. The van der Waals surface area contributed by atoms with Crippen LogP contribution in [0.2, 0.25) is 0 Å². The standard InChI is InChI=1S/C24H30N2O4.2H2O/c1-17-16-26(12-11-24(17,2)19-9-6-10-20(27)14-19)21(23(30)25-15-22(28)29)13-18-7-4-3-5-8-18;;/h3-10,14,17,21,27H,11-13,15-16H2,1-2H3,(H,25,30)(H,28,29);2*1H2/t17-,21-,24+;;/m0../s1. The van der Waals surface area contributed by atoms with Crippen molar-refractivity contribution in [1.82, 2.24) is 10.2 Å². The molecule has 0 saturated carbocycles. The lowest BCUT2D eigenvalue weighted by atomic mass is 9.67. The number of amides is 1. The Kier molecular flexibility index (Phi) is 9.83. The van der Waals surface area contributed by atoms with Crippen LogP contribution in [0.15, 0.2) is 54.6 Å². The van der Waals surface area contributed by atoms with Crippen molar-refractivity contribution < 1.29 is 30.8 Å². The van der Waals surface area contributed by atoms with Gasteiger partial charge in [0.1, 0.15) is 12.3 Å². The van der Waals surface area contributed by atoms with E-state index in [4.69, 9.17) is 5.11 Å². The van der Waals surface area contributed by atoms with E-state index >= 15 is 0 Å². The average Bonchev–Trinajstić information content (AvgIpc) is 2.73. The summed E-state index contributed by atoms with van der Waals surface area (Å²) in [5, 5.41) is 21.4. The Morgan fingerprint density at radius 1 is 1.16 bits per heavy atom. The molecule has 1 aliphatic heterocycles. The number of likely N-dealkylation sites (tertiary alicyclic amines) is 1. The zero-order chi connectivity index (χ0) is 21.7. The largest absolute Gasteiger partial charge is 0.508 e. The number of aromatic hydroxyl groups is 1. The molecule has 8 heteroatoms. The third-order valence-corrected chi connectivity index (χ3v) is 6.45. The number of phenolic OH excluding ortho intramolecular Hbond substituents is 1.